The summed E-state index contributed by atoms with van der Waals surface area (Å²) in [5, 5.41) is 0.602. The average molecular weight is 402 g/mol. The molecule has 0 saturated heterocycles. The first-order valence-electron chi connectivity index (χ1n) is 9.21. The van der Waals surface area contributed by atoms with Gasteiger partial charge in [0, 0.05) is 6.08 Å². The third-order valence-corrected chi connectivity index (χ3v) is 5.45. The number of rotatable bonds is 4. The molecule has 1 aromatic heterocycles. The van der Waals surface area contributed by atoms with Crippen molar-refractivity contribution >= 4 is 44.4 Å². The molecule has 0 spiro atoms. The van der Waals surface area contributed by atoms with Crippen molar-refractivity contribution in [2.45, 2.75) is 13.8 Å². The quantitative estimate of drug-likeness (QED) is 0.369. The fraction of sp³-hybridized carbons (Fsp3) is 0.0833. The van der Waals surface area contributed by atoms with Crippen LogP contribution in [0.1, 0.15) is 16.7 Å². The third kappa shape index (κ3) is 4.25. The molecule has 0 atom stereocenters. The number of halogens is 1. The topological polar surface area (TPSA) is 33.2 Å². The highest BCUT2D eigenvalue weighted by atomic mass is 32.1. The van der Waals surface area contributed by atoms with Crippen molar-refractivity contribution in [3.8, 4) is 0 Å². The molecule has 29 heavy (non-hydrogen) atoms. The minimum absolute atomic E-state index is 0.238. The molecule has 0 N–H and O–H groups in total. The summed E-state index contributed by atoms with van der Waals surface area (Å²) in [4.78, 5) is 19.5. The number of aromatic nitrogens is 1. The van der Waals surface area contributed by atoms with Gasteiger partial charge in [0.15, 0.2) is 5.13 Å². The van der Waals surface area contributed by atoms with Crippen LogP contribution in [0, 0.1) is 19.7 Å². The molecule has 144 valence electrons. The number of anilines is 2. The van der Waals surface area contributed by atoms with E-state index < -0.39 is 0 Å². The molecule has 1 amide bonds. The van der Waals surface area contributed by atoms with Gasteiger partial charge < -0.3 is 0 Å². The number of aryl methyl sites for hydroxylation is 2. The highest BCUT2D eigenvalue weighted by molar-refractivity contribution is 7.22. The predicted octanol–water partition coefficient (Wildman–Crippen LogP) is 6.43. The fourth-order valence-electron chi connectivity index (χ4n) is 3.22. The van der Waals surface area contributed by atoms with Gasteiger partial charge in [-0.25, -0.2) is 9.37 Å². The van der Waals surface area contributed by atoms with E-state index in [4.69, 9.17) is 0 Å². The normalized spacial score (nSPS) is 11.3. The van der Waals surface area contributed by atoms with Crippen molar-refractivity contribution in [3.63, 3.8) is 0 Å². The van der Waals surface area contributed by atoms with Crippen molar-refractivity contribution in [3.05, 3.63) is 95.3 Å². The van der Waals surface area contributed by atoms with E-state index in [0.717, 1.165) is 27.0 Å². The summed E-state index contributed by atoms with van der Waals surface area (Å²) in [6, 6.07) is 19.9. The Morgan fingerprint density at radius 3 is 2.48 bits per heavy atom. The second kappa shape index (κ2) is 7.97. The largest absolute Gasteiger partial charge is 0.269 e. The minimum atomic E-state index is -0.336. The summed E-state index contributed by atoms with van der Waals surface area (Å²) in [7, 11) is 0. The number of thiazole rings is 1. The number of fused-ring (bicyclic) bond motifs is 1. The lowest BCUT2D eigenvalue weighted by Gasteiger charge is -2.19. The molecular weight excluding hydrogens is 383 g/mol. The first-order chi connectivity index (χ1) is 14.0. The number of amides is 1. The van der Waals surface area contributed by atoms with Crippen molar-refractivity contribution in [1.82, 2.24) is 4.98 Å². The van der Waals surface area contributed by atoms with Crippen LogP contribution < -0.4 is 4.90 Å². The lowest BCUT2D eigenvalue weighted by atomic mass is 10.1. The second-order valence-corrected chi connectivity index (χ2v) is 7.88. The number of hydrogen-bond donors (Lipinski definition) is 0. The first-order valence-corrected chi connectivity index (χ1v) is 10.0. The number of para-hydroxylation sites is 1. The van der Waals surface area contributed by atoms with E-state index in [1.807, 2.05) is 50.2 Å². The van der Waals surface area contributed by atoms with Crippen LogP contribution in [0.3, 0.4) is 0 Å². The molecule has 0 radical (unpaired) electrons. The Bertz CT molecular complexity index is 1180. The fourth-order valence-corrected chi connectivity index (χ4v) is 4.21. The highest BCUT2D eigenvalue weighted by Crippen LogP contribution is 2.34. The van der Waals surface area contributed by atoms with E-state index in [9.17, 15) is 9.18 Å². The summed E-state index contributed by atoms with van der Waals surface area (Å²) in [6.45, 7) is 4.00. The summed E-state index contributed by atoms with van der Waals surface area (Å²) < 4.78 is 14.5. The van der Waals surface area contributed by atoms with Crippen LogP contribution in [0.2, 0.25) is 0 Å². The molecule has 0 aliphatic heterocycles. The molecule has 0 aliphatic carbocycles. The lowest BCUT2D eigenvalue weighted by Crippen LogP contribution is -2.23. The van der Waals surface area contributed by atoms with E-state index >= 15 is 0 Å². The Morgan fingerprint density at radius 2 is 1.76 bits per heavy atom. The summed E-state index contributed by atoms with van der Waals surface area (Å²) in [6.07, 6.45) is 3.08. The van der Waals surface area contributed by atoms with Crippen molar-refractivity contribution < 1.29 is 9.18 Å². The highest BCUT2D eigenvalue weighted by Gasteiger charge is 2.20. The molecule has 0 bridgehead atoms. The molecule has 3 aromatic carbocycles. The second-order valence-electron chi connectivity index (χ2n) is 6.87. The van der Waals surface area contributed by atoms with Crippen molar-refractivity contribution in [1.29, 1.82) is 0 Å². The van der Waals surface area contributed by atoms with Gasteiger partial charge in [0.1, 0.15) is 5.82 Å². The molecule has 3 nitrogen and oxygen atoms in total. The van der Waals surface area contributed by atoms with Crippen LogP contribution in [0.5, 0.6) is 0 Å². The Balaban J connectivity index is 1.77. The maximum atomic E-state index is 13.4. The Kier molecular flexibility index (Phi) is 5.23. The van der Waals surface area contributed by atoms with Crippen LogP contribution in [0.15, 0.2) is 72.8 Å². The van der Waals surface area contributed by atoms with Crippen LogP contribution >= 0.6 is 11.3 Å². The van der Waals surface area contributed by atoms with Gasteiger partial charge in [-0.15, -0.1) is 0 Å². The van der Waals surface area contributed by atoms with Gasteiger partial charge in [-0.1, -0.05) is 41.7 Å². The van der Waals surface area contributed by atoms with E-state index in [2.05, 4.69) is 11.1 Å². The maximum absolute atomic E-state index is 13.4. The zero-order chi connectivity index (χ0) is 20.4. The summed E-state index contributed by atoms with van der Waals surface area (Å²) in [5.74, 6) is -0.574. The van der Waals surface area contributed by atoms with Gasteiger partial charge in [-0.3, -0.25) is 9.69 Å². The molecule has 0 unspecified atom stereocenters. The van der Waals surface area contributed by atoms with Crippen molar-refractivity contribution in [2.75, 3.05) is 4.90 Å². The monoisotopic (exact) mass is 402 g/mol. The lowest BCUT2D eigenvalue weighted by molar-refractivity contribution is -0.113. The van der Waals surface area contributed by atoms with Crippen LogP contribution in [-0.4, -0.2) is 10.9 Å². The molecule has 0 fully saturated rings. The van der Waals surface area contributed by atoms with E-state index in [1.54, 1.807) is 23.1 Å². The predicted molar refractivity (Wildman–Crippen MR) is 118 cm³/mol. The molecule has 5 heteroatoms. The van der Waals surface area contributed by atoms with E-state index in [-0.39, 0.29) is 11.7 Å². The number of carbonyl (C=O) groups is 1. The number of benzene rings is 3. The van der Waals surface area contributed by atoms with Crippen LogP contribution in [0.4, 0.5) is 15.2 Å². The average Bonchev–Trinajstić information content (AvgIpc) is 3.09. The minimum Gasteiger partial charge on any atom is -0.269 e. The SMILES string of the molecule is Cc1cc(C)cc(N(C(=O)/C=C/c2cccc(F)c2)c2nc3ccccc3s2)c1. The Hall–Kier alpha value is -3.31. The molecule has 1 heterocycles. The van der Waals surface area contributed by atoms with Crippen LogP contribution in [-0.2, 0) is 4.79 Å². The Morgan fingerprint density at radius 1 is 1.00 bits per heavy atom. The molecule has 0 saturated carbocycles. The van der Waals surface area contributed by atoms with Crippen LogP contribution in [0.25, 0.3) is 16.3 Å². The van der Waals surface area contributed by atoms with Gasteiger partial charge >= 0.3 is 0 Å². The Labute approximate surface area is 172 Å². The summed E-state index contributed by atoms with van der Waals surface area (Å²) in [5.41, 5.74) is 4.36. The van der Waals surface area contributed by atoms with Gasteiger partial charge in [0.25, 0.3) is 5.91 Å². The number of hydrogen-bond acceptors (Lipinski definition) is 3. The maximum Gasteiger partial charge on any atom is 0.257 e. The van der Waals surface area contributed by atoms with Gasteiger partial charge in [0.05, 0.1) is 15.9 Å². The van der Waals surface area contributed by atoms with E-state index in [1.165, 1.54) is 29.5 Å². The zero-order valence-corrected chi connectivity index (χ0v) is 16.9. The zero-order valence-electron chi connectivity index (χ0n) is 16.1. The number of nitrogens with zero attached hydrogens (tertiary/aromatic N) is 2. The standard InChI is InChI=1S/C24H19FN2OS/c1-16-12-17(2)14-20(13-16)27(24-26-21-8-3-4-9-22(21)29-24)23(28)11-10-18-6-5-7-19(25)15-18/h3-15H,1-2H3/b11-10+. The van der Waals surface area contributed by atoms with Gasteiger partial charge in [-0.05, 0) is 73.0 Å². The molecule has 0 aliphatic rings. The molecule has 4 aromatic rings. The van der Waals surface area contributed by atoms with Gasteiger partial charge in [0.2, 0.25) is 0 Å². The van der Waals surface area contributed by atoms with Crippen molar-refractivity contribution in [2.24, 2.45) is 0 Å². The first kappa shape index (κ1) is 19.0. The van der Waals surface area contributed by atoms with Gasteiger partial charge in [-0.2, -0.15) is 0 Å². The summed E-state index contributed by atoms with van der Waals surface area (Å²) >= 11 is 1.46. The smallest absolute Gasteiger partial charge is 0.257 e. The third-order valence-electron chi connectivity index (χ3n) is 4.43. The molecular formula is C24H19FN2OS. The number of carbonyl (C=O) groups excluding carboxylic acids is 1. The van der Waals surface area contributed by atoms with E-state index in [0.29, 0.717) is 10.7 Å². The molecule has 4 rings (SSSR count).